The largest absolute Gasteiger partial charge is 0.494 e. The molecule has 0 spiro atoms. The fourth-order valence-corrected chi connectivity index (χ4v) is 5.12. The van der Waals surface area contributed by atoms with Gasteiger partial charge >= 0.3 is 0 Å². The summed E-state index contributed by atoms with van der Waals surface area (Å²) in [5.74, 6) is 1.73. The zero-order valence-corrected chi connectivity index (χ0v) is 21.5. The van der Waals surface area contributed by atoms with Crippen molar-refractivity contribution in [2.45, 2.75) is 19.5 Å². The smallest absolute Gasteiger partial charge is 0.253 e. The van der Waals surface area contributed by atoms with Crippen LogP contribution in [0.25, 0.3) is 10.9 Å². The number of rotatable bonds is 8. The van der Waals surface area contributed by atoms with E-state index in [1.54, 1.807) is 23.1 Å². The number of tetrazole rings is 1. The second-order valence-corrected chi connectivity index (χ2v) is 9.41. The van der Waals surface area contributed by atoms with Crippen LogP contribution in [0.15, 0.2) is 76.1 Å². The summed E-state index contributed by atoms with van der Waals surface area (Å²) in [5, 5.41) is 13.4. The predicted octanol–water partition coefficient (Wildman–Crippen LogP) is 3.61. The predicted molar refractivity (Wildman–Crippen MR) is 143 cm³/mol. The molecule has 1 aliphatic heterocycles. The van der Waals surface area contributed by atoms with Crippen molar-refractivity contribution in [3.8, 4) is 5.75 Å². The molecule has 1 fully saturated rings. The van der Waals surface area contributed by atoms with Crippen molar-refractivity contribution in [2.75, 3.05) is 37.7 Å². The third kappa shape index (κ3) is 5.13. The Morgan fingerprint density at radius 1 is 1.08 bits per heavy atom. The summed E-state index contributed by atoms with van der Waals surface area (Å²) in [4.78, 5) is 21.0. The highest BCUT2D eigenvalue weighted by Crippen LogP contribution is 2.30. The number of ether oxygens (including phenoxy) is 1. The Morgan fingerprint density at radius 2 is 1.90 bits per heavy atom. The van der Waals surface area contributed by atoms with Crippen LogP contribution >= 0.6 is 0 Å². The molecule has 0 aliphatic carbocycles. The summed E-state index contributed by atoms with van der Waals surface area (Å²) in [6, 6.07) is 17.2. The molecule has 3 aromatic heterocycles. The van der Waals surface area contributed by atoms with Crippen molar-refractivity contribution in [3.05, 3.63) is 100 Å². The fourth-order valence-electron chi connectivity index (χ4n) is 5.12. The van der Waals surface area contributed by atoms with E-state index in [2.05, 4.69) is 30.3 Å². The zero-order valence-electron chi connectivity index (χ0n) is 21.5. The lowest BCUT2D eigenvalue weighted by molar-refractivity contribution is 0.200. The monoisotopic (exact) mass is 529 g/mol. The van der Waals surface area contributed by atoms with E-state index in [0.29, 0.717) is 56.5 Å². The van der Waals surface area contributed by atoms with Crippen molar-refractivity contribution in [3.63, 3.8) is 0 Å². The van der Waals surface area contributed by atoms with Crippen LogP contribution in [0, 0.1) is 5.82 Å². The van der Waals surface area contributed by atoms with Gasteiger partial charge in [0.25, 0.3) is 5.56 Å². The molecule has 1 aliphatic rings. The van der Waals surface area contributed by atoms with Crippen LogP contribution in [0.2, 0.25) is 0 Å². The molecular formula is C28H28FN7O3. The highest BCUT2D eigenvalue weighted by atomic mass is 19.1. The standard InChI is InChI=1S/C28H28FN7O3/c1-2-38-22-9-10-25-19(16-22)17-24(28(37)30-25)26(27-31-32-33-36(27)18-23-4-3-15-39-23)35-13-11-34(12-14-35)21-7-5-20(29)6-8-21/h3-10,15-17,26H,2,11-14,18H2,1H3,(H,30,37). The number of halogens is 1. The molecule has 1 N–H and O–H groups in total. The topological polar surface area (TPSA) is 105 Å². The first-order valence-corrected chi connectivity index (χ1v) is 12.9. The molecule has 0 saturated carbocycles. The van der Waals surface area contributed by atoms with Crippen molar-refractivity contribution >= 4 is 16.6 Å². The number of nitrogens with one attached hydrogen (secondary N) is 1. The van der Waals surface area contributed by atoms with Gasteiger partial charge in [-0.2, -0.15) is 0 Å². The number of H-pyrrole nitrogens is 1. The number of nitrogens with zero attached hydrogens (tertiary/aromatic N) is 6. The summed E-state index contributed by atoms with van der Waals surface area (Å²) in [6.45, 7) is 5.50. The van der Waals surface area contributed by atoms with Crippen LogP contribution in [-0.4, -0.2) is 62.9 Å². The number of piperazine rings is 1. The summed E-state index contributed by atoms with van der Waals surface area (Å²) >= 11 is 0. The highest BCUT2D eigenvalue weighted by Gasteiger charge is 2.33. The van der Waals surface area contributed by atoms with E-state index in [-0.39, 0.29) is 11.4 Å². The van der Waals surface area contributed by atoms with E-state index in [9.17, 15) is 9.18 Å². The molecule has 0 bridgehead atoms. The van der Waals surface area contributed by atoms with E-state index >= 15 is 0 Å². The lowest BCUT2D eigenvalue weighted by Gasteiger charge is -2.39. The maximum Gasteiger partial charge on any atom is 0.253 e. The molecule has 10 nitrogen and oxygen atoms in total. The number of hydrogen-bond acceptors (Lipinski definition) is 8. The van der Waals surface area contributed by atoms with Crippen LogP contribution < -0.4 is 15.2 Å². The van der Waals surface area contributed by atoms with Crippen LogP contribution in [0.1, 0.15) is 30.1 Å². The normalized spacial score (nSPS) is 15.1. The highest BCUT2D eigenvalue weighted by molar-refractivity contribution is 5.80. The molecule has 0 radical (unpaired) electrons. The molecule has 200 valence electrons. The molecule has 1 saturated heterocycles. The van der Waals surface area contributed by atoms with Crippen LogP contribution in [0.4, 0.5) is 10.1 Å². The Balaban J connectivity index is 1.38. The first-order valence-electron chi connectivity index (χ1n) is 12.9. The van der Waals surface area contributed by atoms with Crippen LogP contribution in [-0.2, 0) is 6.54 Å². The summed E-state index contributed by atoms with van der Waals surface area (Å²) in [7, 11) is 0. The molecule has 1 atom stereocenters. The third-order valence-electron chi connectivity index (χ3n) is 7.01. The number of benzene rings is 2. The van der Waals surface area contributed by atoms with Crippen molar-refractivity contribution in [2.24, 2.45) is 0 Å². The summed E-state index contributed by atoms with van der Waals surface area (Å²) in [5.41, 5.74) is 2.02. The average molecular weight is 530 g/mol. The number of aromatic amines is 1. The van der Waals surface area contributed by atoms with Gasteiger partial charge in [-0.25, -0.2) is 9.07 Å². The zero-order chi connectivity index (χ0) is 26.8. The average Bonchev–Trinajstić information content (AvgIpc) is 3.63. The van der Waals surface area contributed by atoms with Gasteiger partial charge in [0.05, 0.1) is 12.9 Å². The van der Waals surface area contributed by atoms with E-state index in [4.69, 9.17) is 9.15 Å². The second-order valence-electron chi connectivity index (χ2n) is 9.41. The van der Waals surface area contributed by atoms with Gasteiger partial charge < -0.3 is 19.0 Å². The van der Waals surface area contributed by atoms with Gasteiger partial charge in [-0.05, 0) is 78.0 Å². The number of aromatic nitrogens is 5. The van der Waals surface area contributed by atoms with E-state index in [0.717, 1.165) is 22.3 Å². The van der Waals surface area contributed by atoms with Gasteiger partial charge in [0.1, 0.15) is 29.9 Å². The van der Waals surface area contributed by atoms with Crippen LogP contribution in [0.5, 0.6) is 5.75 Å². The minimum atomic E-state index is -0.505. The van der Waals surface area contributed by atoms with E-state index in [1.165, 1.54) is 12.1 Å². The van der Waals surface area contributed by atoms with Gasteiger partial charge in [-0.15, -0.1) is 5.10 Å². The van der Waals surface area contributed by atoms with E-state index < -0.39 is 6.04 Å². The van der Waals surface area contributed by atoms with E-state index in [1.807, 2.05) is 43.3 Å². The molecule has 4 heterocycles. The van der Waals surface area contributed by atoms with Gasteiger partial charge in [-0.1, -0.05) is 0 Å². The third-order valence-corrected chi connectivity index (χ3v) is 7.01. The Kier molecular flexibility index (Phi) is 6.80. The Hall–Kier alpha value is -4.51. The molecule has 2 aromatic carbocycles. The molecule has 5 aromatic rings. The number of furan rings is 1. The quantitative estimate of drug-likeness (QED) is 0.325. The molecule has 0 amide bonds. The Bertz CT molecular complexity index is 1610. The van der Waals surface area contributed by atoms with Gasteiger partial charge in [-0.3, -0.25) is 9.69 Å². The summed E-state index contributed by atoms with van der Waals surface area (Å²) < 4.78 is 26.4. The van der Waals surface area contributed by atoms with Crippen molar-refractivity contribution in [1.82, 2.24) is 30.1 Å². The summed E-state index contributed by atoms with van der Waals surface area (Å²) in [6.07, 6.45) is 1.61. The molecular weight excluding hydrogens is 501 g/mol. The number of anilines is 1. The number of pyridine rings is 1. The Labute approximate surface area is 223 Å². The molecule has 6 rings (SSSR count). The lowest BCUT2D eigenvalue weighted by atomic mass is 10.0. The first kappa shape index (κ1) is 24.8. The minimum absolute atomic E-state index is 0.204. The van der Waals surface area contributed by atoms with Gasteiger partial charge in [0.2, 0.25) is 0 Å². The van der Waals surface area contributed by atoms with Gasteiger partial charge in [0.15, 0.2) is 5.82 Å². The fraction of sp³-hybridized carbons (Fsp3) is 0.286. The number of fused-ring (bicyclic) bond motifs is 1. The molecule has 1 unspecified atom stereocenters. The SMILES string of the molecule is CCOc1ccc2[nH]c(=O)c(C(c3nnnn3Cc3ccco3)N3CCN(c4ccc(F)cc4)CC3)cc2c1. The lowest BCUT2D eigenvalue weighted by Crippen LogP contribution is -2.49. The molecule has 11 heteroatoms. The van der Waals surface area contributed by atoms with Crippen molar-refractivity contribution in [1.29, 1.82) is 0 Å². The number of hydrogen-bond donors (Lipinski definition) is 1. The van der Waals surface area contributed by atoms with Crippen molar-refractivity contribution < 1.29 is 13.5 Å². The maximum atomic E-state index is 13.5. The minimum Gasteiger partial charge on any atom is -0.494 e. The maximum absolute atomic E-state index is 13.5. The Morgan fingerprint density at radius 3 is 2.64 bits per heavy atom. The first-order chi connectivity index (χ1) is 19.1. The second kappa shape index (κ2) is 10.7. The van der Waals surface area contributed by atoms with Gasteiger partial charge in [0, 0.05) is 48.3 Å². The van der Waals surface area contributed by atoms with Crippen LogP contribution in [0.3, 0.4) is 0 Å². The molecule has 39 heavy (non-hydrogen) atoms.